The minimum absolute atomic E-state index is 0.150. The number of rotatable bonds is 4. The van der Waals surface area contributed by atoms with Crippen LogP contribution in [0.25, 0.3) is 0 Å². The molecule has 1 aromatic rings. The Morgan fingerprint density at radius 1 is 1.40 bits per heavy atom. The third-order valence-corrected chi connectivity index (χ3v) is 3.58. The van der Waals surface area contributed by atoms with Crippen LogP contribution >= 0.6 is 0 Å². The lowest BCUT2D eigenvalue weighted by Crippen LogP contribution is -2.45. The largest absolute Gasteiger partial charge is 0.374 e. The molecular formula is C13H22N4O3. The van der Waals surface area contributed by atoms with Crippen molar-refractivity contribution in [3.63, 3.8) is 0 Å². The van der Waals surface area contributed by atoms with Gasteiger partial charge < -0.3 is 10.1 Å². The van der Waals surface area contributed by atoms with Crippen LogP contribution in [0.15, 0.2) is 15.7 Å². The van der Waals surface area contributed by atoms with Gasteiger partial charge in [0.1, 0.15) is 0 Å². The van der Waals surface area contributed by atoms with Crippen LogP contribution in [0.1, 0.15) is 5.69 Å². The van der Waals surface area contributed by atoms with E-state index in [1.807, 2.05) is 7.05 Å². The molecule has 0 amide bonds. The maximum absolute atomic E-state index is 11.9. The first-order chi connectivity index (χ1) is 9.49. The summed E-state index contributed by atoms with van der Waals surface area (Å²) in [6, 6.07) is 1.51. The number of nitrogens with one attached hydrogen (secondary N) is 1. The van der Waals surface area contributed by atoms with Crippen molar-refractivity contribution in [1.82, 2.24) is 19.4 Å². The molecule has 1 unspecified atom stereocenters. The van der Waals surface area contributed by atoms with Gasteiger partial charge in [0.15, 0.2) is 0 Å². The summed E-state index contributed by atoms with van der Waals surface area (Å²) in [7, 11) is 5.13. The van der Waals surface area contributed by atoms with Gasteiger partial charge in [0, 0.05) is 52.0 Å². The molecular weight excluding hydrogens is 260 g/mol. The molecule has 0 saturated carbocycles. The lowest BCUT2D eigenvalue weighted by molar-refractivity contribution is 0.00850. The SMILES string of the molecule is CN(Cc1cc(=O)n(C)c(=O)n1C)CC1CNCCO1. The van der Waals surface area contributed by atoms with Crippen molar-refractivity contribution < 1.29 is 4.74 Å². The number of likely N-dealkylation sites (N-methyl/N-ethyl adjacent to an activating group) is 1. The molecule has 2 heterocycles. The summed E-state index contributed by atoms with van der Waals surface area (Å²) in [5, 5.41) is 3.28. The van der Waals surface area contributed by atoms with Gasteiger partial charge in [0.2, 0.25) is 0 Å². The van der Waals surface area contributed by atoms with E-state index in [9.17, 15) is 9.59 Å². The Morgan fingerprint density at radius 3 is 2.80 bits per heavy atom. The summed E-state index contributed by atoms with van der Waals surface area (Å²) in [6.45, 7) is 3.75. The highest BCUT2D eigenvalue weighted by molar-refractivity contribution is 5.02. The van der Waals surface area contributed by atoms with Crippen LogP contribution in [0.3, 0.4) is 0 Å². The summed E-state index contributed by atoms with van der Waals surface area (Å²) in [5.41, 5.74) is 0.146. The van der Waals surface area contributed by atoms with E-state index in [0.29, 0.717) is 12.2 Å². The lowest BCUT2D eigenvalue weighted by Gasteiger charge is -2.28. The zero-order chi connectivity index (χ0) is 14.7. The van der Waals surface area contributed by atoms with Crippen molar-refractivity contribution in [2.45, 2.75) is 12.6 Å². The molecule has 1 atom stereocenters. The minimum Gasteiger partial charge on any atom is -0.374 e. The third-order valence-electron chi connectivity index (χ3n) is 3.58. The lowest BCUT2D eigenvalue weighted by atomic mass is 10.2. The standard InChI is InChI=1S/C13H22N4O3/c1-15(9-11-7-14-4-5-20-11)8-10-6-12(18)17(3)13(19)16(10)2/h6,11,14H,4-5,7-9H2,1-3H3. The Kier molecular flexibility index (Phi) is 4.74. The third kappa shape index (κ3) is 3.36. The molecule has 112 valence electrons. The molecule has 0 aromatic carbocycles. The molecule has 1 aliphatic rings. The van der Waals surface area contributed by atoms with Crippen LogP contribution in [0.5, 0.6) is 0 Å². The fraction of sp³-hybridized carbons (Fsp3) is 0.692. The topological polar surface area (TPSA) is 68.5 Å². The van der Waals surface area contributed by atoms with Crippen LogP contribution in [0.4, 0.5) is 0 Å². The van der Waals surface area contributed by atoms with Gasteiger partial charge in [0.25, 0.3) is 5.56 Å². The molecule has 1 fully saturated rings. The quantitative estimate of drug-likeness (QED) is 0.728. The smallest absolute Gasteiger partial charge is 0.330 e. The summed E-state index contributed by atoms with van der Waals surface area (Å²) in [5.74, 6) is 0. The predicted octanol–water partition coefficient (Wildman–Crippen LogP) is -1.50. The average Bonchev–Trinajstić information content (AvgIpc) is 2.43. The molecule has 1 aliphatic heterocycles. The Morgan fingerprint density at radius 2 is 2.15 bits per heavy atom. The molecule has 0 bridgehead atoms. The molecule has 0 aliphatic carbocycles. The number of morpholine rings is 1. The average molecular weight is 282 g/mol. The van der Waals surface area contributed by atoms with Gasteiger partial charge in [-0.3, -0.25) is 18.8 Å². The molecule has 7 nitrogen and oxygen atoms in total. The van der Waals surface area contributed by atoms with Gasteiger partial charge >= 0.3 is 5.69 Å². The van der Waals surface area contributed by atoms with Gasteiger partial charge in [-0.2, -0.15) is 0 Å². The Bertz CT molecular complexity index is 572. The van der Waals surface area contributed by atoms with Crippen molar-refractivity contribution >= 4 is 0 Å². The molecule has 7 heteroatoms. The second-order valence-electron chi connectivity index (χ2n) is 5.27. The van der Waals surface area contributed by atoms with Gasteiger partial charge in [0.05, 0.1) is 12.7 Å². The van der Waals surface area contributed by atoms with Crippen molar-refractivity contribution in [1.29, 1.82) is 0 Å². The summed E-state index contributed by atoms with van der Waals surface area (Å²) >= 11 is 0. The number of hydrogen-bond acceptors (Lipinski definition) is 5. The van der Waals surface area contributed by atoms with Crippen molar-refractivity contribution in [3.05, 3.63) is 32.6 Å². The van der Waals surface area contributed by atoms with E-state index in [1.54, 1.807) is 7.05 Å². The van der Waals surface area contributed by atoms with Crippen molar-refractivity contribution in [3.8, 4) is 0 Å². The Balaban J connectivity index is 2.06. The first-order valence-corrected chi connectivity index (χ1v) is 6.76. The normalized spacial score (nSPS) is 19.5. The van der Waals surface area contributed by atoms with Crippen LogP contribution in [-0.2, 0) is 25.4 Å². The summed E-state index contributed by atoms with van der Waals surface area (Å²) in [6.07, 6.45) is 0.150. The zero-order valence-electron chi connectivity index (χ0n) is 12.3. The highest BCUT2D eigenvalue weighted by Crippen LogP contribution is 2.02. The van der Waals surface area contributed by atoms with Crippen molar-refractivity contribution in [2.24, 2.45) is 14.1 Å². The van der Waals surface area contributed by atoms with Gasteiger partial charge in [-0.25, -0.2) is 4.79 Å². The van der Waals surface area contributed by atoms with E-state index in [1.165, 1.54) is 17.7 Å². The molecule has 1 aromatic heterocycles. The summed E-state index contributed by atoms with van der Waals surface area (Å²) < 4.78 is 8.27. The van der Waals surface area contributed by atoms with E-state index in [0.717, 1.165) is 30.8 Å². The molecule has 20 heavy (non-hydrogen) atoms. The van der Waals surface area contributed by atoms with Crippen LogP contribution in [0.2, 0.25) is 0 Å². The molecule has 1 saturated heterocycles. The highest BCUT2D eigenvalue weighted by Gasteiger charge is 2.16. The fourth-order valence-electron chi connectivity index (χ4n) is 2.36. The van der Waals surface area contributed by atoms with E-state index >= 15 is 0 Å². The maximum Gasteiger partial charge on any atom is 0.330 e. The van der Waals surface area contributed by atoms with Gasteiger partial charge in [-0.15, -0.1) is 0 Å². The molecule has 1 N–H and O–H groups in total. The van der Waals surface area contributed by atoms with Crippen molar-refractivity contribution in [2.75, 3.05) is 33.3 Å². The number of ether oxygens (including phenoxy) is 1. The minimum atomic E-state index is -0.295. The van der Waals surface area contributed by atoms with E-state index in [-0.39, 0.29) is 17.4 Å². The zero-order valence-corrected chi connectivity index (χ0v) is 12.3. The predicted molar refractivity (Wildman–Crippen MR) is 75.9 cm³/mol. The fourth-order valence-corrected chi connectivity index (χ4v) is 2.36. The first kappa shape index (κ1) is 15.0. The molecule has 0 radical (unpaired) electrons. The number of aromatic nitrogens is 2. The highest BCUT2D eigenvalue weighted by atomic mass is 16.5. The number of nitrogens with zero attached hydrogens (tertiary/aromatic N) is 3. The molecule has 0 spiro atoms. The Hall–Kier alpha value is -1.44. The first-order valence-electron chi connectivity index (χ1n) is 6.76. The van der Waals surface area contributed by atoms with E-state index < -0.39 is 0 Å². The summed E-state index contributed by atoms with van der Waals surface area (Å²) in [4.78, 5) is 25.6. The van der Waals surface area contributed by atoms with Crippen LogP contribution in [0, 0.1) is 0 Å². The van der Waals surface area contributed by atoms with Gasteiger partial charge in [-0.05, 0) is 7.05 Å². The van der Waals surface area contributed by atoms with Gasteiger partial charge in [-0.1, -0.05) is 0 Å². The van der Waals surface area contributed by atoms with Crippen LogP contribution in [-0.4, -0.2) is 53.4 Å². The monoisotopic (exact) mass is 282 g/mol. The number of hydrogen-bond donors (Lipinski definition) is 1. The molecule has 2 rings (SSSR count). The van der Waals surface area contributed by atoms with E-state index in [2.05, 4.69) is 10.2 Å². The second kappa shape index (κ2) is 6.34. The Labute approximate surface area is 117 Å². The van der Waals surface area contributed by atoms with E-state index in [4.69, 9.17) is 4.74 Å². The van der Waals surface area contributed by atoms with Crippen LogP contribution < -0.4 is 16.6 Å². The maximum atomic E-state index is 11.9. The second-order valence-corrected chi connectivity index (χ2v) is 5.27.